The van der Waals surface area contributed by atoms with Crippen LogP contribution in [0.25, 0.3) is 11.0 Å². The van der Waals surface area contributed by atoms with Gasteiger partial charge in [0.2, 0.25) is 0 Å². The highest BCUT2D eigenvalue weighted by Crippen LogP contribution is 2.34. The Morgan fingerprint density at radius 3 is 2.75 bits per heavy atom. The van der Waals surface area contributed by atoms with Gasteiger partial charge in [0, 0.05) is 11.5 Å². The van der Waals surface area contributed by atoms with E-state index in [0.717, 1.165) is 16.5 Å². The zero-order chi connectivity index (χ0) is 11.9. The smallest absolute Gasteiger partial charge is 0.336 e. The van der Waals surface area contributed by atoms with Crippen molar-refractivity contribution < 1.29 is 9.52 Å². The van der Waals surface area contributed by atoms with Gasteiger partial charge in [0.25, 0.3) is 0 Å². The quantitative estimate of drug-likeness (QED) is 0.436. The fourth-order valence-electron chi connectivity index (χ4n) is 1.79. The van der Waals surface area contributed by atoms with Crippen LogP contribution in [0.2, 0.25) is 0 Å². The number of aryl methyl sites for hydroxylation is 2. The molecule has 4 heteroatoms. The van der Waals surface area contributed by atoms with E-state index in [-0.39, 0.29) is 17.0 Å². The lowest BCUT2D eigenvalue weighted by atomic mass is 10.0. The Morgan fingerprint density at radius 2 is 2.12 bits per heavy atom. The van der Waals surface area contributed by atoms with E-state index in [9.17, 15) is 9.90 Å². The Bertz CT molecular complexity index is 614. The van der Waals surface area contributed by atoms with E-state index < -0.39 is 5.63 Å². The van der Waals surface area contributed by atoms with Crippen LogP contribution in [0.15, 0.2) is 21.3 Å². The molecule has 0 spiro atoms. The summed E-state index contributed by atoms with van der Waals surface area (Å²) < 4.78 is 5.01. The highest BCUT2D eigenvalue weighted by Gasteiger charge is 2.13. The summed E-state index contributed by atoms with van der Waals surface area (Å²) in [5.74, 6) is 0.00347. The minimum atomic E-state index is -0.458. The number of rotatable bonds is 1. The summed E-state index contributed by atoms with van der Waals surface area (Å²) in [4.78, 5) is 11.2. The second kappa shape index (κ2) is 3.56. The number of benzene rings is 1. The van der Waals surface area contributed by atoms with E-state index in [1.165, 1.54) is 6.07 Å². The monoisotopic (exact) mass is 219 g/mol. The van der Waals surface area contributed by atoms with Crippen LogP contribution in [0.5, 0.6) is 5.75 Å². The van der Waals surface area contributed by atoms with Gasteiger partial charge < -0.3 is 15.3 Å². The van der Waals surface area contributed by atoms with Crippen molar-refractivity contribution in [3.63, 3.8) is 0 Å². The normalized spacial score (nSPS) is 10.9. The molecule has 0 aliphatic rings. The summed E-state index contributed by atoms with van der Waals surface area (Å²) in [6.45, 7) is 3.74. The van der Waals surface area contributed by atoms with Crippen LogP contribution in [0, 0.1) is 6.92 Å². The van der Waals surface area contributed by atoms with Crippen molar-refractivity contribution in [3.05, 3.63) is 33.7 Å². The predicted molar refractivity (Wildman–Crippen MR) is 62.7 cm³/mol. The summed E-state index contributed by atoms with van der Waals surface area (Å²) in [5, 5.41) is 10.6. The summed E-state index contributed by atoms with van der Waals surface area (Å²) in [7, 11) is 0. The second-order valence-corrected chi connectivity index (χ2v) is 3.78. The van der Waals surface area contributed by atoms with Crippen molar-refractivity contribution in [2.24, 2.45) is 0 Å². The van der Waals surface area contributed by atoms with Crippen molar-refractivity contribution in [2.75, 3.05) is 5.73 Å². The topological polar surface area (TPSA) is 76.5 Å². The summed E-state index contributed by atoms with van der Waals surface area (Å²) in [5.41, 5.74) is 7.24. The Hall–Kier alpha value is -1.97. The zero-order valence-electron chi connectivity index (χ0n) is 9.20. The van der Waals surface area contributed by atoms with Gasteiger partial charge >= 0.3 is 5.63 Å². The van der Waals surface area contributed by atoms with Gasteiger partial charge in [-0.05, 0) is 30.5 Å². The van der Waals surface area contributed by atoms with Gasteiger partial charge in [-0.15, -0.1) is 0 Å². The fourth-order valence-corrected chi connectivity index (χ4v) is 1.79. The summed E-state index contributed by atoms with van der Waals surface area (Å²) in [6.07, 6.45) is 0.671. The Kier molecular flexibility index (Phi) is 2.34. The standard InChI is InChI=1S/C12H13NO3/c1-3-7-5-8-6(2)4-9(14)16-12(8)10(13)11(7)15/h4-5,15H,3,13H2,1-2H3. The molecule has 2 aromatic rings. The molecule has 0 amide bonds. The van der Waals surface area contributed by atoms with E-state index in [1.54, 1.807) is 6.07 Å². The number of hydrogen-bond donors (Lipinski definition) is 2. The number of phenols is 1. The lowest BCUT2D eigenvalue weighted by molar-refractivity contribution is 0.470. The van der Waals surface area contributed by atoms with Crippen molar-refractivity contribution in [1.29, 1.82) is 0 Å². The predicted octanol–water partition coefficient (Wildman–Crippen LogP) is 1.95. The van der Waals surface area contributed by atoms with Crippen LogP contribution in [0.1, 0.15) is 18.1 Å². The van der Waals surface area contributed by atoms with Crippen molar-refractivity contribution >= 4 is 16.7 Å². The summed E-state index contributed by atoms with van der Waals surface area (Å²) >= 11 is 0. The first kappa shape index (κ1) is 10.5. The van der Waals surface area contributed by atoms with Crippen LogP contribution in [0.4, 0.5) is 5.69 Å². The molecular formula is C12H13NO3. The fraction of sp³-hybridized carbons (Fsp3) is 0.250. The van der Waals surface area contributed by atoms with Crippen LogP contribution >= 0.6 is 0 Å². The molecule has 3 N–H and O–H groups in total. The molecule has 0 atom stereocenters. The maximum atomic E-state index is 11.2. The number of nitrogens with two attached hydrogens (primary N) is 1. The molecule has 84 valence electrons. The van der Waals surface area contributed by atoms with Gasteiger partial charge in [-0.1, -0.05) is 6.92 Å². The molecule has 4 nitrogen and oxygen atoms in total. The Labute approximate surface area is 92.3 Å². The molecule has 0 unspecified atom stereocenters. The van der Waals surface area contributed by atoms with E-state index in [0.29, 0.717) is 6.42 Å². The highest BCUT2D eigenvalue weighted by molar-refractivity contribution is 5.93. The molecule has 1 heterocycles. The molecule has 0 bridgehead atoms. The number of fused-ring (bicyclic) bond motifs is 1. The molecule has 2 rings (SSSR count). The first-order valence-corrected chi connectivity index (χ1v) is 5.09. The maximum absolute atomic E-state index is 11.2. The SMILES string of the molecule is CCc1cc2c(C)cc(=O)oc2c(N)c1O. The van der Waals surface area contributed by atoms with Crippen LogP contribution < -0.4 is 11.4 Å². The largest absolute Gasteiger partial charge is 0.505 e. The lowest BCUT2D eigenvalue weighted by Crippen LogP contribution is -2.01. The lowest BCUT2D eigenvalue weighted by Gasteiger charge is -2.09. The third kappa shape index (κ3) is 1.43. The molecule has 0 saturated carbocycles. The third-order valence-electron chi connectivity index (χ3n) is 2.71. The van der Waals surface area contributed by atoms with Gasteiger partial charge in [0.05, 0.1) is 0 Å². The molecule has 0 fully saturated rings. The van der Waals surface area contributed by atoms with Crippen molar-refractivity contribution in [3.8, 4) is 5.75 Å². The van der Waals surface area contributed by atoms with E-state index in [1.807, 2.05) is 13.8 Å². The maximum Gasteiger partial charge on any atom is 0.336 e. The van der Waals surface area contributed by atoms with Crippen LogP contribution in [-0.2, 0) is 6.42 Å². The number of aromatic hydroxyl groups is 1. The van der Waals surface area contributed by atoms with E-state index in [4.69, 9.17) is 10.2 Å². The van der Waals surface area contributed by atoms with E-state index in [2.05, 4.69) is 0 Å². The minimum absolute atomic E-state index is 0.00347. The molecule has 1 aromatic heterocycles. The first-order chi connectivity index (χ1) is 7.54. The van der Waals surface area contributed by atoms with Crippen LogP contribution in [0.3, 0.4) is 0 Å². The average molecular weight is 219 g/mol. The van der Waals surface area contributed by atoms with Gasteiger partial charge in [0.15, 0.2) is 5.58 Å². The van der Waals surface area contributed by atoms with Gasteiger partial charge in [0.1, 0.15) is 11.4 Å². The molecule has 0 saturated heterocycles. The number of phenolic OH excluding ortho intramolecular Hbond substituents is 1. The van der Waals surface area contributed by atoms with Gasteiger partial charge in [-0.2, -0.15) is 0 Å². The van der Waals surface area contributed by atoms with Gasteiger partial charge in [-0.25, -0.2) is 4.79 Å². The molecule has 16 heavy (non-hydrogen) atoms. The van der Waals surface area contributed by atoms with Crippen molar-refractivity contribution in [1.82, 2.24) is 0 Å². The summed E-state index contributed by atoms with van der Waals surface area (Å²) in [6, 6.07) is 3.22. The average Bonchev–Trinajstić information content (AvgIpc) is 2.24. The second-order valence-electron chi connectivity index (χ2n) is 3.78. The first-order valence-electron chi connectivity index (χ1n) is 5.09. The molecule has 0 radical (unpaired) electrons. The molecule has 1 aromatic carbocycles. The van der Waals surface area contributed by atoms with Crippen LogP contribution in [-0.4, -0.2) is 5.11 Å². The number of nitrogen functional groups attached to an aromatic ring is 1. The highest BCUT2D eigenvalue weighted by atomic mass is 16.4. The molecular weight excluding hydrogens is 206 g/mol. The molecule has 0 aliphatic heterocycles. The third-order valence-corrected chi connectivity index (χ3v) is 2.71. The Morgan fingerprint density at radius 1 is 1.44 bits per heavy atom. The zero-order valence-corrected chi connectivity index (χ0v) is 9.20. The minimum Gasteiger partial charge on any atom is -0.505 e. The number of anilines is 1. The number of hydrogen-bond acceptors (Lipinski definition) is 4. The van der Waals surface area contributed by atoms with Gasteiger partial charge in [-0.3, -0.25) is 0 Å². The molecule has 0 aliphatic carbocycles. The Balaban J connectivity index is 2.98. The van der Waals surface area contributed by atoms with E-state index >= 15 is 0 Å². The van der Waals surface area contributed by atoms with Crippen molar-refractivity contribution in [2.45, 2.75) is 20.3 Å².